The number of hydrogen-bond acceptors (Lipinski definition) is 4. The zero-order valence-corrected chi connectivity index (χ0v) is 16.1. The Bertz CT molecular complexity index is 695. The van der Waals surface area contributed by atoms with E-state index in [9.17, 15) is 14.4 Å². The number of ether oxygens (including phenoxy) is 1. The van der Waals surface area contributed by atoms with Crippen molar-refractivity contribution >= 4 is 23.5 Å². The van der Waals surface area contributed by atoms with Gasteiger partial charge in [0.25, 0.3) is 5.91 Å². The largest absolute Gasteiger partial charge is 0.452 e. The van der Waals surface area contributed by atoms with Crippen LogP contribution in [-0.4, -0.2) is 36.5 Å². The topological polar surface area (TPSA) is 75.7 Å². The molecule has 6 heteroatoms. The molecule has 27 heavy (non-hydrogen) atoms. The highest BCUT2D eigenvalue weighted by atomic mass is 16.5. The van der Waals surface area contributed by atoms with Gasteiger partial charge in [-0.25, -0.2) is 0 Å². The number of carbonyl (C=O) groups excluding carboxylic acids is 3. The number of carbonyl (C=O) groups is 3. The van der Waals surface area contributed by atoms with Crippen LogP contribution >= 0.6 is 0 Å². The van der Waals surface area contributed by atoms with Gasteiger partial charge in [0.15, 0.2) is 6.10 Å². The van der Waals surface area contributed by atoms with Crippen molar-refractivity contribution < 1.29 is 19.1 Å². The van der Waals surface area contributed by atoms with Crippen LogP contribution < -0.4 is 10.2 Å². The Labute approximate surface area is 160 Å². The van der Waals surface area contributed by atoms with E-state index in [1.165, 1.54) is 6.42 Å². The molecule has 1 N–H and O–H groups in total. The number of amides is 2. The van der Waals surface area contributed by atoms with Crippen LogP contribution in [-0.2, 0) is 19.1 Å². The van der Waals surface area contributed by atoms with Crippen LogP contribution in [0.2, 0.25) is 0 Å². The first kappa shape index (κ1) is 19.4. The average Bonchev–Trinajstić information content (AvgIpc) is 3.05. The number of rotatable bonds is 5. The standard InChI is InChI=1S/C21H28N2O4/c1-14-8-10-18(11-9-14)23-13-16(12-19(23)24)21(26)27-15(2)20(25)22-17-6-4-3-5-7-17/h8-11,15-17H,3-7,12-13H2,1-2H3,(H,22,25). The first-order valence-corrected chi connectivity index (χ1v) is 9.82. The third-order valence-electron chi connectivity index (χ3n) is 5.42. The monoisotopic (exact) mass is 372 g/mol. The summed E-state index contributed by atoms with van der Waals surface area (Å²) in [6, 6.07) is 7.80. The minimum Gasteiger partial charge on any atom is -0.452 e. The van der Waals surface area contributed by atoms with E-state index in [0.29, 0.717) is 0 Å². The summed E-state index contributed by atoms with van der Waals surface area (Å²) in [6.45, 7) is 3.86. The third kappa shape index (κ3) is 4.87. The van der Waals surface area contributed by atoms with E-state index < -0.39 is 18.0 Å². The molecule has 0 spiro atoms. The van der Waals surface area contributed by atoms with E-state index in [0.717, 1.165) is 36.9 Å². The molecule has 1 aromatic carbocycles. The smallest absolute Gasteiger partial charge is 0.312 e. The van der Waals surface area contributed by atoms with E-state index in [1.807, 2.05) is 31.2 Å². The molecule has 0 aromatic heterocycles. The molecule has 0 radical (unpaired) electrons. The molecule has 1 aliphatic heterocycles. The number of hydrogen-bond donors (Lipinski definition) is 1. The first-order chi connectivity index (χ1) is 12.9. The number of anilines is 1. The van der Waals surface area contributed by atoms with Gasteiger partial charge < -0.3 is 15.0 Å². The average molecular weight is 372 g/mol. The highest BCUT2D eigenvalue weighted by molar-refractivity contribution is 5.99. The van der Waals surface area contributed by atoms with Crippen molar-refractivity contribution in [3.63, 3.8) is 0 Å². The van der Waals surface area contributed by atoms with E-state index >= 15 is 0 Å². The van der Waals surface area contributed by atoms with Crippen LogP contribution in [0.15, 0.2) is 24.3 Å². The van der Waals surface area contributed by atoms with E-state index in [4.69, 9.17) is 4.74 Å². The number of benzene rings is 1. The minimum absolute atomic E-state index is 0.0971. The summed E-state index contributed by atoms with van der Waals surface area (Å²) in [6.07, 6.45) is 4.69. The van der Waals surface area contributed by atoms with Gasteiger partial charge in [-0.3, -0.25) is 14.4 Å². The van der Waals surface area contributed by atoms with Crippen molar-refractivity contribution in [1.29, 1.82) is 0 Å². The summed E-state index contributed by atoms with van der Waals surface area (Å²) in [4.78, 5) is 38.6. The van der Waals surface area contributed by atoms with Crippen LogP contribution in [0.3, 0.4) is 0 Å². The van der Waals surface area contributed by atoms with Crippen LogP contribution in [0.25, 0.3) is 0 Å². The molecule has 2 unspecified atom stereocenters. The third-order valence-corrected chi connectivity index (χ3v) is 5.42. The highest BCUT2D eigenvalue weighted by Gasteiger charge is 2.37. The number of nitrogens with one attached hydrogen (secondary N) is 1. The molecule has 6 nitrogen and oxygen atoms in total. The molecule has 2 amide bonds. The van der Waals surface area contributed by atoms with Gasteiger partial charge in [-0.15, -0.1) is 0 Å². The molecule has 146 valence electrons. The van der Waals surface area contributed by atoms with Gasteiger partial charge in [-0.2, -0.15) is 0 Å². The quantitative estimate of drug-likeness (QED) is 0.807. The second-order valence-electron chi connectivity index (χ2n) is 7.66. The summed E-state index contributed by atoms with van der Waals surface area (Å²) in [5.41, 5.74) is 1.89. The fourth-order valence-corrected chi connectivity index (χ4v) is 3.73. The molecule has 1 aromatic rings. The summed E-state index contributed by atoms with van der Waals surface area (Å²) in [7, 11) is 0. The molecule has 2 atom stereocenters. The number of nitrogens with zero attached hydrogens (tertiary/aromatic N) is 1. The van der Waals surface area contributed by atoms with Gasteiger partial charge >= 0.3 is 5.97 Å². The van der Waals surface area contributed by atoms with Gasteiger partial charge in [0.2, 0.25) is 5.91 Å². The number of aryl methyl sites for hydroxylation is 1. The van der Waals surface area contributed by atoms with Crippen molar-refractivity contribution in [1.82, 2.24) is 5.32 Å². The Kier molecular flexibility index (Phi) is 6.14. The normalized spacial score (nSPS) is 21.8. The predicted molar refractivity (Wildman–Crippen MR) is 102 cm³/mol. The van der Waals surface area contributed by atoms with Crippen molar-refractivity contribution in [2.75, 3.05) is 11.4 Å². The molecule has 0 bridgehead atoms. The lowest BCUT2D eigenvalue weighted by atomic mass is 9.95. The van der Waals surface area contributed by atoms with E-state index in [-0.39, 0.29) is 30.8 Å². The summed E-state index contributed by atoms with van der Waals surface area (Å²) < 4.78 is 5.36. The lowest BCUT2D eigenvalue weighted by molar-refractivity contribution is -0.158. The van der Waals surface area contributed by atoms with Crippen molar-refractivity contribution in [3.05, 3.63) is 29.8 Å². The lowest BCUT2D eigenvalue weighted by Gasteiger charge is -2.24. The maximum atomic E-state index is 12.4. The van der Waals surface area contributed by atoms with Gasteiger partial charge in [0.1, 0.15) is 0 Å². The number of esters is 1. The minimum atomic E-state index is -0.844. The van der Waals surface area contributed by atoms with Crippen molar-refractivity contribution in [3.8, 4) is 0 Å². The molecule has 1 saturated heterocycles. The summed E-state index contributed by atoms with van der Waals surface area (Å²) in [5.74, 6) is -1.37. The SMILES string of the molecule is Cc1ccc(N2CC(C(=O)OC(C)C(=O)NC3CCCCC3)CC2=O)cc1. The first-order valence-electron chi connectivity index (χ1n) is 9.82. The van der Waals surface area contributed by atoms with Crippen LogP contribution in [0.1, 0.15) is 51.0 Å². The molecule has 2 fully saturated rings. The Morgan fingerprint density at radius 2 is 1.81 bits per heavy atom. The predicted octanol–water partition coefficient (Wildman–Crippen LogP) is 2.73. The Balaban J connectivity index is 1.52. The van der Waals surface area contributed by atoms with Gasteiger partial charge in [0, 0.05) is 24.7 Å². The van der Waals surface area contributed by atoms with Crippen molar-refractivity contribution in [2.24, 2.45) is 5.92 Å². The molecular formula is C21H28N2O4. The Hall–Kier alpha value is -2.37. The fourth-order valence-electron chi connectivity index (χ4n) is 3.73. The maximum Gasteiger partial charge on any atom is 0.312 e. The fraction of sp³-hybridized carbons (Fsp3) is 0.571. The van der Waals surface area contributed by atoms with Crippen LogP contribution in [0.4, 0.5) is 5.69 Å². The maximum absolute atomic E-state index is 12.4. The van der Waals surface area contributed by atoms with E-state index in [1.54, 1.807) is 11.8 Å². The second-order valence-corrected chi connectivity index (χ2v) is 7.66. The van der Waals surface area contributed by atoms with Crippen LogP contribution in [0, 0.1) is 12.8 Å². The lowest BCUT2D eigenvalue weighted by Crippen LogP contribution is -2.43. The molecule has 1 saturated carbocycles. The Morgan fingerprint density at radius 3 is 2.48 bits per heavy atom. The zero-order chi connectivity index (χ0) is 19.4. The van der Waals surface area contributed by atoms with E-state index in [2.05, 4.69) is 5.32 Å². The Morgan fingerprint density at radius 1 is 1.15 bits per heavy atom. The summed E-state index contributed by atoms with van der Waals surface area (Å²) >= 11 is 0. The van der Waals surface area contributed by atoms with Crippen LogP contribution in [0.5, 0.6) is 0 Å². The van der Waals surface area contributed by atoms with Crippen molar-refractivity contribution in [2.45, 2.75) is 64.5 Å². The second kappa shape index (κ2) is 8.55. The highest BCUT2D eigenvalue weighted by Crippen LogP contribution is 2.26. The molecule has 1 aliphatic carbocycles. The van der Waals surface area contributed by atoms with Gasteiger partial charge in [-0.1, -0.05) is 37.0 Å². The molecule has 1 heterocycles. The summed E-state index contributed by atoms with van der Waals surface area (Å²) in [5, 5.41) is 2.97. The van der Waals surface area contributed by atoms with Gasteiger partial charge in [0.05, 0.1) is 5.92 Å². The molecule has 2 aliphatic rings. The molecule has 3 rings (SSSR count). The van der Waals surface area contributed by atoms with Gasteiger partial charge in [-0.05, 0) is 38.8 Å². The zero-order valence-electron chi connectivity index (χ0n) is 16.1. The molecular weight excluding hydrogens is 344 g/mol.